The van der Waals surface area contributed by atoms with E-state index in [1.54, 1.807) is 11.0 Å². The van der Waals surface area contributed by atoms with Crippen LogP contribution in [0.1, 0.15) is 24.6 Å². The molecule has 0 amide bonds. The van der Waals surface area contributed by atoms with Gasteiger partial charge in [0.15, 0.2) is 5.75 Å². The number of benzene rings is 1. The summed E-state index contributed by atoms with van der Waals surface area (Å²) < 4.78 is 14.5. The summed E-state index contributed by atoms with van der Waals surface area (Å²) in [6, 6.07) is 9.95. The predicted molar refractivity (Wildman–Crippen MR) is 99.0 cm³/mol. The first-order chi connectivity index (χ1) is 13.0. The molecule has 27 heavy (non-hydrogen) atoms. The van der Waals surface area contributed by atoms with Crippen LogP contribution in [0.25, 0.3) is 11.5 Å². The number of esters is 1. The van der Waals surface area contributed by atoms with Crippen molar-refractivity contribution in [1.82, 2.24) is 24.5 Å². The predicted octanol–water partition coefficient (Wildman–Crippen LogP) is 2.52. The molecule has 0 saturated carbocycles. The molecule has 0 fully saturated rings. The minimum Gasteiger partial charge on any atom is -0.485 e. The fourth-order valence-electron chi connectivity index (χ4n) is 2.72. The van der Waals surface area contributed by atoms with Gasteiger partial charge in [-0.15, -0.1) is 5.10 Å². The topological polar surface area (TPSA) is 84.1 Å². The molecule has 0 bridgehead atoms. The van der Waals surface area contributed by atoms with Crippen molar-refractivity contribution in [2.24, 2.45) is 7.05 Å². The Hall–Kier alpha value is -3.16. The number of nitrogens with zero attached hydrogens (tertiary/aromatic N) is 5. The Morgan fingerprint density at radius 1 is 1.19 bits per heavy atom. The van der Waals surface area contributed by atoms with Gasteiger partial charge in [0, 0.05) is 26.9 Å². The van der Waals surface area contributed by atoms with E-state index in [4.69, 9.17) is 9.47 Å². The van der Waals surface area contributed by atoms with Crippen molar-refractivity contribution in [2.75, 3.05) is 6.61 Å². The van der Waals surface area contributed by atoms with Crippen LogP contribution in [0, 0.1) is 6.92 Å². The van der Waals surface area contributed by atoms with E-state index in [9.17, 15) is 4.79 Å². The van der Waals surface area contributed by atoms with Crippen molar-refractivity contribution in [2.45, 2.75) is 33.4 Å². The van der Waals surface area contributed by atoms with Crippen LogP contribution in [0.3, 0.4) is 0 Å². The van der Waals surface area contributed by atoms with Crippen molar-refractivity contribution in [3.63, 3.8) is 0 Å². The Bertz CT molecular complexity index is 901. The van der Waals surface area contributed by atoms with Crippen molar-refractivity contribution in [3.05, 3.63) is 47.9 Å². The lowest BCUT2D eigenvalue weighted by Crippen LogP contribution is -2.08. The lowest BCUT2D eigenvalue weighted by Gasteiger charge is -2.09. The van der Waals surface area contributed by atoms with E-state index in [1.165, 1.54) is 6.92 Å². The molecule has 1 aromatic carbocycles. The minimum atomic E-state index is -0.287. The van der Waals surface area contributed by atoms with Crippen molar-refractivity contribution in [1.29, 1.82) is 0 Å². The first-order valence-corrected chi connectivity index (χ1v) is 8.78. The summed E-state index contributed by atoms with van der Waals surface area (Å²) in [6.07, 6.45) is 2.28. The molecule has 3 rings (SSSR count). The Morgan fingerprint density at radius 2 is 1.96 bits per heavy atom. The van der Waals surface area contributed by atoms with E-state index in [0.29, 0.717) is 37.8 Å². The smallest absolute Gasteiger partial charge is 0.302 e. The Balaban J connectivity index is 1.83. The summed E-state index contributed by atoms with van der Waals surface area (Å²) in [5, 5.41) is 8.99. The number of carbonyl (C=O) groups is 1. The average Bonchev–Trinajstić information content (AvgIpc) is 3.20. The van der Waals surface area contributed by atoms with E-state index in [-0.39, 0.29) is 5.97 Å². The number of ether oxygens (including phenoxy) is 2. The Kier molecular flexibility index (Phi) is 5.85. The summed E-state index contributed by atoms with van der Waals surface area (Å²) in [7, 11) is 1.81. The van der Waals surface area contributed by atoms with Crippen molar-refractivity contribution < 1.29 is 14.3 Å². The first kappa shape index (κ1) is 18.6. The summed E-state index contributed by atoms with van der Waals surface area (Å²) in [4.78, 5) is 15.3. The largest absolute Gasteiger partial charge is 0.485 e. The second-order valence-electron chi connectivity index (χ2n) is 6.20. The van der Waals surface area contributed by atoms with Crippen LogP contribution in [0.2, 0.25) is 0 Å². The molecule has 142 valence electrons. The Morgan fingerprint density at radius 3 is 2.63 bits per heavy atom. The maximum absolute atomic E-state index is 10.9. The number of hydrogen-bond donors (Lipinski definition) is 0. The van der Waals surface area contributed by atoms with Crippen LogP contribution < -0.4 is 4.74 Å². The summed E-state index contributed by atoms with van der Waals surface area (Å²) in [6.45, 7) is 4.63. The Labute approximate surface area is 157 Å². The lowest BCUT2D eigenvalue weighted by atomic mass is 10.2. The lowest BCUT2D eigenvalue weighted by molar-refractivity contribution is -0.141. The molecule has 2 aromatic heterocycles. The number of carbonyl (C=O) groups excluding carboxylic acids is 1. The van der Waals surface area contributed by atoms with E-state index >= 15 is 0 Å². The quantitative estimate of drug-likeness (QED) is 0.448. The van der Waals surface area contributed by atoms with Gasteiger partial charge in [-0.05, 0) is 12.5 Å². The zero-order chi connectivity index (χ0) is 19.2. The third kappa shape index (κ3) is 4.72. The third-order valence-corrected chi connectivity index (χ3v) is 3.93. The van der Waals surface area contributed by atoms with Gasteiger partial charge < -0.3 is 9.47 Å². The highest BCUT2D eigenvalue weighted by atomic mass is 16.5. The maximum Gasteiger partial charge on any atom is 0.302 e. The molecule has 8 nitrogen and oxygen atoms in total. The van der Waals surface area contributed by atoms with Gasteiger partial charge in [-0.3, -0.25) is 14.2 Å². The molecule has 0 saturated heterocycles. The molecule has 0 radical (unpaired) electrons. The zero-order valence-corrected chi connectivity index (χ0v) is 15.8. The molecule has 0 aliphatic heterocycles. The van der Waals surface area contributed by atoms with Gasteiger partial charge in [0.25, 0.3) is 0 Å². The van der Waals surface area contributed by atoms with Crippen LogP contribution in [0.5, 0.6) is 5.75 Å². The summed E-state index contributed by atoms with van der Waals surface area (Å²) >= 11 is 0. The van der Waals surface area contributed by atoms with Crippen LogP contribution in [-0.4, -0.2) is 37.1 Å². The molecule has 3 aromatic rings. The second-order valence-corrected chi connectivity index (χ2v) is 6.20. The highest BCUT2D eigenvalue weighted by molar-refractivity contribution is 5.65. The van der Waals surface area contributed by atoms with Gasteiger partial charge in [0.05, 0.1) is 6.61 Å². The summed E-state index contributed by atoms with van der Waals surface area (Å²) in [5.41, 5.74) is 2.56. The maximum atomic E-state index is 10.9. The average molecular weight is 369 g/mol. The summed E-state index contributed by atoms with van der Waals surface area (Å²) in [5.74, 6) is 0.927. The van der Waals surface area contributed by atoms with Gasteiger partial charge >= 0.3 is 5.97 Å². The van der Waals surface area contributed by atoms with E-state index < -0.39 is 0 Å². The molecule has 0 spiro atoms. The van der Waals surface area contributed by atoms with E-state index in [1.807, 2.05) is 49.0 Å². The van der Waals surface area contributed by atoms with Gasteiger partial charge in [0.1, 0.15) is 24.3 Å². The van der Waals surface area contributed by atoms with Crippen LogP contribution in [0.4, 0.5) is 0 Å². The number of aryl methyl sites for hydroxylation is 3. The zero-order valence-electron chi connectivity index (χ0n) is 15.8. The molecule has 0 unspecified atom stereocenters. The standard InChI is InChI=1S/C19H23N5O3/c1-14-18(27-12-16-8-5-4-6-9-16)17(19-20-13-23(3)22-19)24(21-14)10-7-11-26-15(2)25/h4-6,8-9,13H,7,10-12H2,1-3H3. The highest BCUT2D eigenvalue weighted by Gasteiger charge is 2.21. The van der Waals surface area contributed by atoms with Crippen molar-refractivity contribution in [3.8, 4) is 17.3 Å². The number of hydrogen-bond acceptors (Lipinski definition) is 6. The fraction of sp³-hybridized carbons (Fsp3) is 0.368. The number of aromatic nitrogens is 5. The minimum absolute atomic E-state index is 0.287. The van der Waals surface area contributed by atoms with Gasteiger partial charge in [-0.1, -0.05) is 30.3 Å². The normalized spacial score (nSPS) is 10.8. The van der Waals surface area contributed by atoms with Gasteiger partial charge in [-0.25, -0.2) is 4.98 Å². The number of rotatable bonds is 8. The molecular formula is C19H23N5O3. The second kappa shape index (κ2) is 8.48. The molecule has 0 N–H and O–H groups in total. The van der Waals surface area contributed by atoms with Crippen LogP contribution >= 0.6 is 0 Å². The monoisotopic (exact) mass is 369 g/mol. The SMILES string of the molecule is CC(=O)OCCCn1nc(C)c(OCc2ccccc2)c1-c1ncn(C)n1. The van der Waals surface area contributed by atoms with Crippen LogP contribution in [0.15, 0.2) is 36.7 Å². The molecule has 0 aliphatic carbocycles. The van der Waals surface area contributed by atoms with E-state index in [2.05, 4.69) is 15.2 Å². The van der Waals surface area contributed by atoms with Crippen LogP contribution in [-0.2, 0) is 29.7 Å². The molecule has 0 aliphatic rings. The van der Waals surface area contributed by atoms with E-state index in [0.717, 1.165) is 17.0 Å². The van der Waals surface area contributed by atoms with Crippen molar-refractivity contribution >= 4 is 5.97 Å². The molecule has 0 atom stereocenters. The fourth-order valence-corrected chi connectivity index (χ4v) is 2.72. The van der Waals surface area contributed by atoms with Gasteiger partial charge in [-0.2, -0.15) is 5.10 Å². The molecule has 8 heteroatoms. The van der Waals surface area contributed by atoms with Gasteiger partial charge in [0.2, 0.25) is 5.82 Å². The third-order valence-electron chi connectivity index (χ3n) is 3.93. The highest BCUT2D eigenvalue weighted by Crippen LogP contribution is 2.32. The first-order valence-electron chi connectivity index (χ1n) is 8.78. The molecule has 2 heterocycles. The molecular weight excluding hydrogens is 346 g/mol.